The molecule has 0 aliphatic carbocycles. The molecule has 0 fully saturated rings. The SMILES string of the molecule is Cc1cc(N(C)C)cc(OC(=O)OC(C)(C)C)c1C(=O)Oc1ccccc1. The molecule has 2 aromatic rings. The molecule has 27 heavy (non-hydrogen) atoms. The lowest BCUT2D eigenvalue weighted by atomic mass is 10.1. The third-order valence-electron chi connectivity index (χ3n) is 3.54. The number of ether oxygens (including phenoxy) is 3. The number of hydrogen-bond donors (Lipinski definition) is 0. The van der Waals surface area contributed by atoms with Gasteiger partial charge in [0.1, 0.15) is 16.9 Å². The first kappa shape index (κ1) is 20.3. The number of esters is 1. The van der Waals surface area contributed by atoms with E-state index in [2.05, 4.69) is 0 Å². The highest BCUT2D eigenvalue weighted by Crippen LogP contribution is 2.30. The van der Waals surface area contributed by atoms with E-state index in [1.807, 2.05) is 31.1 Å². The second kappa shape index (κ2) is 8.12. The normalized spacial score (nSPS) is 10.9. The van der Waals surface area contributed by atoms with Gasteiger partial charge in [-0.25, -0.2) is 9.59 Å². The quantitative estimate of drug-likeness (QED) is 0.445. The highest BCUT2D eigenvalue weighted by molar-refractivity contribution is 5.97. The zero-order valence-corrected chi connectivity index (χ0v) is 16.5. The van der Waals surface area contributed by atoms with Gasteiger partial charge in [0.25, 0.3) is 0 Å². The Morgan fingerprint density at radius 2 is 1.59 bits per heavy atom. The van der Waals surface area contributed by atoms with E-state index in [1.54, 1.807) is 58.0 Å². The third kappa shape index (κ3) is 5.74. The highest BCUT2D eigenvalue weighted by atomic mass is 16.7. The number of aryl methyl sites for hydroxylation is 1. The molecule has 0 bridgehead atoms. The lowest BCUT2D eigenvalue weighted by Crippen LogP contribution is -2.27. The van der Waals surface area contributed by atoms with E-state index in [0.717, 1.165) is 5.69 Å². The minimum atomic E-state index is -0.883. The summed E-state index contributed by atoms with van der Waals surface area (Å²) in [5, 5.41) is 0. The monoisotopic (exact) mass is 371 g/mol. The van der Waals surface area contributed by atoms with Crippen molar-refractivity contribution >= 4 is 17.8 Å². The second-order valence-electron chi connectivity index (χ2n) is 7.30. The van der Waals surface area contributed by atoms with Crippen LogP contribution in [0, 0.1) is 6.92 Å². The van der Waals surface area contributed by atoms with E-state index in [1.165, 1.54) is 0 Å². The van der Waals surface area contributed by atoms with Crippen LogP contribution in [0.3, 0.4) is 0 Å². The van der Waals surface area contributed by atoms with Crippen LogP contribution in [-0.2, 0) is 4.74 Å². The van der Waals surface area contributed by atoms with Crippen molar-refractivity contribution in [2.45, 2.75) is 33.3 Å². The van der Waals surface area contributed by atoms with Crippen LogP contribution >= 0.6 is 0 Å². The van der Waals surface area contributed by atoms with Crippen molar-refractivity contribution in [2.75, 3.05) is 19.0 Å². The number of hydrogen-bond acceptors (Lipinski definition) is 6. The molecular formula is C21H25NO5. The van der Waals surface area contributed by atoms with Gasteiger partial charge < -0.3 is 19.1 Å². The Morgan fingerprint density at radius 3 is 2.15 bits per heavy atom. The Labute approximate surface area is 159 Å². The number of carbonyl (C=O) groups excluding carboxylic acids is 2. The first-order chi connectivity index (χ1) is 12.6. The summed E-state index contributed by atoms with van der Waals surface area (Å²) in [6.07, 6.45) is -0.883. The zero-order valence-electron chi connectivity index (χ0n) is 16.5. The molecule has 0 aromatic heterocycles. The van der Waals surface area contributed by atoms with E-state index in [-0.39, 0.29) is 11.3 Å². The molecule has 2 rings (SSSR count). The molecule has 0 saturated carbocycles. The molecule has 0 amide bonds. The number of anilines is 1. The Balaban J connectivity index is 2.39. The Hall–Kier alpha value is -3.02. The van der Waals surface area contributed by atoms with Crippen LogP contribution in [0.1, 0.15) is 36.7 Å². The summed E-state index contributed by atoms with van der Waals surface area (Å²) in [6, 6.07) is 12.1. The summed E-state index contributed by atoms with van der Waals surface area (Å²) < 4.78 is 16.0. The third-order valence-corrected chi connectivity index (χ3v) is 3.54. The Bertz CT molecular complexity index is 822. The van der Waals surface area contributed by atoms with Crippen molar-refractivity contribution in [3.05, 3.63) is 53.6 Å². The lowest BCUT2D eigenvalue weighted by Gasteiger charge is -2.21. The van der Waals surface area contributed by atoms with Gasteiger partial charge in [0, 0.05) is 25.8 Å². The molecule has 0 N–H and O–H groups in total. The fourth-order valence-electron chi connectivity index (χ4n) is 2.34. The number of benzene rings is 2. The molecule has 0 unspecified atom stereocenters. The van der Waals surface area contributed by atoms with Gasteiger partial charge in [-0.3, -0.25) is 0 Å². The van der Waals surface area contributed by atoms with Gasteiger partial charge >= 0.3 is 12.1 Å². The average molecular weight is 371 g/mol. The smallest absolute Gasteiger partial charge is 0.428 e. The first-order valence-electron chi connectivity index (χ1n) is 8.57. The topological polar surface area (TPSA) is 65.1 Å². The molecule has 0 spiro atoms. The maximum absolute atomic E-state index is 12.7. The molecule has 6 heteroatoms. The lowest BCUT2D eigenvalue weighted by molar-refractivity contribution is 0.0204. The molecule has 0 atom stereocenters. The van der Waals surface area contributed by atoms with Gasteiger partial charge in [-0.15, -0.1) is 0 Å². The minimum Gasteiger partial charge on any atom is -0.428 e. The summed E-state index contributed by atoms with van der Waals surface area (Å²) in [5.41, 5.74) is 0.869. The molecule has 0 saturated heterocycles. The molecule has 0 heterocycles. The van der Waals surface area contributed by atoms with Crippen LogP contribution in [0.5, 0.6) is 11.5 Å². The average Bonchev–Trinajstić information content (AvgIpc) is 2.53. The summed E-state index contributed by atoms with van der Waals surface area (Å²) in [6.45, 7) is 6.97. The summed E-state index contributed by atoms with van der Waals surface area (Å²) in [4.78, 5) is 26.7. The maximum Gasteiger partial charge on any atom is 0.514 e. The molecular weight excluding hydrogens is 346 g/mol. The van der Waals surface area contributed by atoms with Crippen LogP contribution in [0.25, 0.3) is 0 Å². The van der Waals surface area contributed by atoms with Crippen molar-refractivity contribution in [1.29, 1.82) is 0 Å². The van der Waals surface area contributed by atoms with Crippen LogP contribution in [0.4, 0.5) is 10.5 Å². The van der Waals surface area contributed by atoms with E-state index in [9.17, 15) is 9.59 Å². The number of rotatable bonds is 4. The first-order valence-corrected chi connectivity index (χ1v) is 8.57. The predicted molar refractivity (Wildman–Crippen MR) is 104 cm³/mol. The molecule has 144 valence electrons. The standard InChI is InChI=1S/C21H25NO5/c1-14-12-15(22(5)6)13-17(26-20(24)27-21(2,3)4)18(14)19(23)25-16-10-8-7-9-11-16/h7-13H,1-6H3. The van der Waals surface area contributed by atoms with Gasteiger partial charge in [-0.05, 0) is 51.5 Å². The van der Waals surface area contributed by atoms with Gasteiger partial charge in [0.05, 0.1) is 0 Å². The van der Waals surface area contributed by atoms with Crippen LogP contribution < -0.4 is 14.4 Å². The summed E-state index contributed by atoms with van der Waals surface area (Å²) in [7, 11) is 3.71. The summed E-state index contributed by atoms with van der Waals surface area (Å²) in [5.74, 6) is -0.113. The molecule has 0 aliphatic heterocycles. The van der Waals surface area contributed by atoms with Crippen molar-refractivity contribution < 1.29 is 23.8 Å². The number of nitrogens with zero attached hydrogens (tertiary/aromatic N) is 1. The van der Waals surface area contributed by atoms with Gasteiger partial charge in [0.2, 0.25) is 0 Å². The minimum absolute atomic E-state index is 0.0916. The predicted octanol–water partition coefficient (Wildman–Crippen LogP) is 4.59. The number of para-hydroxylation sites is 1. The van der Waals surface area contributed by atoms with Crippen molar-refractivity contribution in [2.24, 2.45) is 0 Å². The molecule has 6 nitrogen and oxygen atoms in total. The highest BCUT2D eigenvalue weighted by Gasteiger charge is 2.24. The zero-order chi connectivity index (χ0) is 20.2. The van der Waals surface area contributed by atoms with E-state index in [0.29, 0.717) is 11.3 Å². The maximum atomic E-state index is 12.7. The van der Waals surface area contributed by atoms with E-state index < -0.39 is 17.7 Å². The largest absolute Gasteiger partial charge is 0.514 e. The van der Waals surface area contributed by atoms with E-state index in [4.69, 9.17) is 14.2 Å². The van der Waals surface area contributed by atoms with E-state index >= 15 is 0 Å². The van der Waals surface area contributed by atoms with Gasteiger partial charge in [-0.1, -0.05) is 18.2 Å². The summed E-state index contributed by atoms with van der Waals surface area (Å²) >= 11 is 0. The Morgan fingerprint density at radius 1 is 0.963 bits per heavy atom. The van der Waals surface area contributed by atoms with Crippen molar-refractivity contribution in [3.63, 3.8) is 0 Å². The fourth-order valence-corrected chi connectivity index (χ4v) is 2.34. The van der Waals surface area contributed by atoms with Crippen LogP contribution in [0.15, 0.2) is 42.5 Å². The van der Waals surface area contributed by atoms with Gasteiger partial charge in [-0.2, -0.15) is 0 Å². The fraction of sp³-hybridized carbons (Fsp3) is 0.333. The molecule has 0 radical (unpaired) electrons. The molecule has 0 aliphatic rings. The van der Waals surface area contributed by atoms with Crippen molar-refractivity contribution in [3.8, 4) is 11.5 Å². The van der Waals surface area contributed by atoms with Crippen LogP contribution in [0.2, 0.25) is 0 Å². The van der Waals surface area contributed by atoms with Gasteiger partial charge in [0.15, 0.2) is 5.75 Å². The van der Waals surface area contributed by atoms with Crippen molar-refractivity contribution in [1.82, 2.24) is 0 Å². The number of carbonyl (C=O) groups is 2. The van der Waals surface area contributed by atoms with Crippen LogP contribution in [-0.4, -0.2) is 31.8 Å². The molecule has 2 aromatic carbocycles. The Kier molecular flexibility index (Phi) is 6.10. The second-order valence-corrected chi connectivity index (χ2v) is 7.30.